The molecule has 0 saturated carbocycles. The molecule has 2 aromatic rings. The van der Waals surface area contributed by atoms with Gasteiger partial charge in [0.05, 0.1) is 16.2 Å². The second kappa shape index (κ2) is 11.5. The summed E-state index contributed by atoms with van der Waals surface area (Å²) in [6.07, 6.45) is 2.39. The second-order valence-electron chi connectivity index (χ2n) is 8.45. The standard InChI is InChI=1S/C25H35N3O3S/c1-3-19-32(30,31)24-12-5-4-11-23(24)25(29)26-13-6-7-14-27-15-17-28(18-16-27)22-10-8-9-21(2)20-22/h4-5,8-12,20H,3,6-7,13-19H2,1-2H3,(H,26,29). The highest BCUT2D eigenvalue weighted by molar-refractivity contribution is 7.91. The highest BCUT2D eigenvalue weighted by Gasteiger charge is 2.21. The summed E-state index contributed by atoms with van der Waals surface area (Å²) < 4.78 is 24.9. The predicted octanol–water partition coefficient (Wildman–Crippen LogP) is 3.51. The molecule has 1 aliphatic rings. The predicted molar refractivity (Wildman–Crippen MR) is 130 cm³/mol. The van der Waals surface area contributed by atoms with Gasteiger partial charge in [-0.25, -0.2) is 8.42 Å². The third-order valence-corrected chi connectivity index (χ3v) is 7.84. The summed E-state index contributed by atoms with van der Waals surface area (Å²) in [5, 5.41) is 2.89. The number of benzene rings is 2. The van der Waals surface area contributed by atoms with Crippen LogP contribution < -0.4 is 10.2 Å². The summed E-state index contributed by atoms with van der Waals surface area (Å²) in [5.74, 6) is -0.263. The molecule has 1 aliphatic heterocycles. The zero-order valence-electron chi connectivity index (χ0n) is 19.2. The van der Waals surface area contributed by atoms with E-state index in [9.17, 15) is 13.2 Å². The van der Waals surface area contributed by atoms with Crippen LogP contribution in [-0.2, 0) is 9.84 Å². The Hall–Kier alpha value is -2.38. The molecule has 0 bridgehead atoms. The van der Waals surface area contributed by atoms with Gasteiger partial charge in [0, 0.05) is 38.4 Å². The molecule has 2 aromatic carbocycles. The molecule has 1 fully saturated rings. The highest BCUT2D eigenvalue weighted by Crippen LogP contribution is 2.19. The monoisotopic (exact) mass is 457 g/mol. The molecule has 6 nitrogen and oxygen atoms in total. The Kier molecular flexibility index (Phi) is 8.70. The van der Waals surface area contributed by atoms with Gasteiger partial charge in [-0.05, 0) is 62.6 Å². The van der Waals surface area contributed by atoms with E-state index in [1.807, 2.05) is 6.92 Å². The summed E-state index contributed by atoms with van der Waals surface area (Å²) in [7, 11) is -3.43. The average Bonchev–Trinajstić information content (AvgIpc) is 2.79. The Labute approximate surface area is 192 Å². The summed E-state index contributed by atoms with van der Waals surface area (Å²) in [6, 6.07) is 15.1. The lowest BCUT2D eigenvalue weighted by Gasteiger charge is -2.36. The van der Waals surface area contributed by atoms with Crippen molar-refractivity contribution in [1.29, 1.82) is 0 Å². The number of aryl methyl sites for hydroxylation is 1. The average molecular weight is 458 g/mol. The van der Waals surface area contributed by atoms with Gasteiger partial charge in [-0.3, -0.25) is 9.69 Å². The number of hydrogen-bond acceptors (Lipinski definition) is 5. The van der Waals surface area contributed by atoms with Gasteiger partial charge in [0.2, 0.25) is 0 Å². The second-order valence-corrected chi connectivity index (χ2v) is 10.5. The fourth-order valence-corrected chi connectivity index (χ4v) is 5.66. The number of rotatable bonds is 10. The number of amides is 1. The van der Waals surface area contributed by atoms with Crippen molar-refractivity contribution >= 4 is 21.4 Å². The number of hydrogen-bond donors (Lipinski definition) is 1. The lowest BCUT2D eigenvalue weighted by atomic mass is 10.2. The first-order valence-electron chi connectivity index (χ1n) is 11.5. The largest absolute Gasteiger partial charge is 0.369 e. The first kappa shape index (κ1) is 24.3. The molecule has 0 unspecified atom stereocenters. The molecule has 0 aliphatic carbocycles. The zero-order valence-corrected chi connectivity index (χ0v) is 20.0. The normalized spacial score (nSPS) is 15.0. The van der Waals surface area contributed by atoms with Crippen LogP contribution in [0.1, 0.15) is 42.1 Å². The first-order valence-corrected chi connectivity index (χ1v) is 13.2. The van der Waals surface area contributed by atoms with Gasteiger partial charge in [-0.15, -0.1) is 0 Å². The van der Waals surface area contributed by atoms with Crippen LogP contribution >= 0.6 is 0 Å². The van der Waals surface area contributed by atoms with Gasteiger partial charge in [-0.2, -0.15) is 0 Å². The maximum absolute atomic E-state index is 12.6. The van der Waals surface area contributed by atoms with Crippen molar-refractivity contribution in [2.75, 3.05) is 49.9 Å². The van der Waals surface area contributed by atoms with Crippen molar-refractivity contribution in [1.82, 2.24) is 10.2 Å². The number of nitrogens with zero attached hydrogens (tertiary/aromatic N) is 2. The van der Waals surface area contributed by atoms with Crippen molar-refractivity contribution in [2.45, 2.75) is 38.0 Å². The molecule has 0 atom stereocenters. The SMILES string of the molecule is CCCS(=O)(=O)c1ccccc1C(=O)NCCCCN1CCN(c2cccc(C)c2)CC1. The van der Waals surface area contributed by atoms with E-state index in [0.29, 0.717) is 13.0 Å². The number of anilines is 1. The lowest BCUT2D eigenvalue weighted by Crippen LogP contribution is -2.46. The zero-order chi connectivity index (χ0) is 23.0. The van der Waals surface area contributed by atoms with Crippen molar-refractivity contribution in [3.63, 3.8) is 0 Å². The van der Waals surface area contributed by atoms with Crippen molar-refractivity contribution in [2.24, 2.45) is 0 Å². The Morgan fingerprint density at radius 1 is 1.00 bits per heavy atom. The summed E-state index contributed by atoms with van der Waals surface area (Å²) in [4.78, 5) is 17.6. The van der Waals surface area contributed by atoms with Gasteiger partial charge < -0.3 is 10.2 Å². The lowest BCUT2D eigenvalue weighted by molar-refractivity contribution is 0.0949. The van der Waals surface area contributed by atoms with E-state index >= 15 is 0 Å². The maximum atomic E-state index is 12.6. The Bertz CT molecular complexity index is 999. The van der Waals surface area contributed by atoms with Crippen LogP contribution in [0.4, 0.5) is 5.69 Å². The number of unbranched alkanes of at least 4 members (excludes halogenated alkanes) is 1. The van der Waals surface area contributed by atoms with Crippen LogP contribution in [0.5, 0.6) is 0 Å². The van der Waals surface area contributed by atoms with E-state index in [0.717, 1.165) is 45.6 Å². The van der Waals surface area contributed by atoms with Crippen molar-refractivity contribution in [3.05, 3.63) is 59.7 Å². The molecule has 32 heavy (non-hydrogen) atoms. The summed E-state index contributed by atoms with van der Waals surface area (Å²) in [5.41, 5.74) is 2.83. The molecule has 1 N–H and O–H groups in total. The van der Waals surface area contributed by atoms with E-state index in [1.165, 1.54) is 17.3 Å². The van der Waals surface area contributed by atoms with E-state index < -0.39 is 9.84 Å². The Morgan fingerprint density at radius 2 is 1.75 bits per heavy atom. The van der Waals surface area contributed by atoms with Gasteiger partial charge >= 0.3 is 0 Å². The number of carbonyl (C=O) groups excluding carboxylic acids is 1. The minimum atomic E-state index is -3.43. The van der Waals surface area contributed by atoms with Crippen molar-refractivity contribution < 1.29 is 13.2 Å². The fourth-order valence-electron chi connectivity index (χ4n) is 4.12. The van der Waals surface area contributed by atoms with Crippen LogP contribution in [0.25, 0.3) is 0 Å². The molecule has 0 spiro atoms. The molecule has 174 valence electrons. The van der Waals surface area contributed by atoms with Crippen molar-refractivity contribution in [3.8, 4) is 0 Å². The quantitative estimate of drug-likeness (QED) is 0.553. The van der Waals surface area contributed by atoms with E-state index in [-0.39, 0.29) is 22.1 Å². The van der Waals surface area contributed by atoms with Gasteiger partial charge in [-0.1, -0.05) is 31.2 Å². The molecular formula is C25H35N3O3S. The molecule has 3 rings (SSSR count). The molecule has 0 radical (unpaired) electrons. The molecule has 1 saturated heterocycles. The molecule has 0 aromatic heterocycles. The topological polar surface area (TPSA) is 69.7 Å². The van der Waals surface area contributed by atoms with Crippen LogP contribution in [-0.4, -0.2) is 64.2 Å². The van der Waals surface area contributed by atoms with Gasteiger partial charge in [0.1, 0.15) is 0 Å². The first-order chi connectivity index (χ1) is 15.4. The maximum Gasteiger partial charge on any atom is 0.252 e. The Balaban J connectivity index is 1.39. The van der Waals surface area contributed by atoms with Crippen LogP contribution in [0.3, 0.4) is 0 Å². The molecule has 1 heterocycles. The fraction of sp³-hybridized carbons (Fsp3) is 0.480. The van der Waals surface area contributed by atoms with E-state index in [1.54, 1.807) is 18.2 Å². The highest BCUT2D eigenvalue weighted by atomic mass is 32.2. The smallest absolute Gasteiger partial charge is 0.252 e. The molecular weight excluding hydrogens is 422 g/mol. The minimum absolute atomic E-state index is 0.0500. The minimum Gasteiger partial charge on any atom is -0.369 e. The third kappa shape index (κ3) is 6.56. The van der Waals surface area contributed by atoms with Gasteiger partial charge in [0.25, 0.3) is 5.91 Å². The number of piperazine rings is 1. The van der Waals surface area contributed by atoms with E-state index in [2.05, 4.69) is 46.3 Å². The van der Waals surface area contributed by atoms with Gasteiger partial charge in [0.15, 0.2) is 9.84 Å². The van der Waals surface area contributed by atoms with E-state index in [4.69, 9.17) is 0 Å². The van der Waals surface area contributed by atoms with Crippen LogP contribution in [0, 0.1) is 6.92 Å². The Morgan fingerprint density at radius 3 is 2.47 bits per heavy atom. The summed E-state index contributed by atoms with van der Waals surface area (Å²) in [6.45, 7) is 9.66. The molecule has 1 amide bonds. The number of sulfone groups is 1. The van der Waals surface area contributed by atoms with Crippen LogP contribution in [0.2, 0.25) is 0 Å². The number of carbonyl (C=O) groups is 1. The van der Waals surface area contributed by atoms with Crippen LogP contribution in [0.15, 0.2) is 53.4 Å². The molecule has 7 heteroatoms. The summed E-state index contributed by atoms with van der Waals surface area (Å²) >= 11 is 0. The third-order valence-electron chi connectivity index (χ3n) is 5.87. The number of nitrogens with one attached hydrogen (secondary N) is 1.